The van der Waals surface area contributed by atoms with E-state index in [0.717, 1.165) is 10.0 Å². The van der Waals surface area contributed by atoms with Crippen molar-refractivity contribution in [2.75, 3.05) is 36.6 Å². The maximum Gasteiger partial charge on any atom is 0.161 e. The first-order valence-corrected chi connectivity index (χ1v) is 13.0. The lowest BCUT2D eigenvalue weighted by molar-refractivity contribution is 0.310. The Balaban J connectivity index is 0.00000129. The summed E-state index contributed by atoms with van der Waals surface area (Å²) in [4.78, 5) is 11.6. The zero-order valence-corrected chi connectivity index (χ0v) is 22.1. The minimum atomic E-state index is -0.387. The van der Waals surface area contributed by atoms with E-state index in [9.17, 15) is 9.30 Å². The topological polar surface area (TPSA) is 63.2 Å². The zero-order chi connectivity index (χ0) is 24.9. The van der Waals surface area contributed by atoms with Gasteiger partial charge in [0.2, 0.25) is 0 Å². The first-order chi connectivity index (χ1) is 16.5. The normalized spacial score (nSPS) is 10.1. The van der Waals surface area contributed by atoms with E-state index >= 15 is 0 Å². The summed E-state index contributed by atoms with van der Waals surface area (Å²) in [6.07, 6.45) is 4.08. The molecule has 34 heavy (non-hydrogen) atoms. The van der Waals surface area contributed by atoms with E-state index in [0.29, 0.717) is 41.6 Å². The molecule has 1 N–H and O–H groups in total. The minimum absolute atomic E-state index is 0.0122. The van der Waals surface area contributed by atoms with Crippen LogP contribution in [0.5, 0.6) is 11.5 Å². The van der Waals surface area contributed by atoms with Gasteiger partial charge in [-0.25, -0.2) is 9.40 Å². The molecule has 0 radical (unpaired) electrons. The van der Waals surface area contributed by atoms with Crippen molar-refractivity contribution >= 4 is 39.1 Å². The first kappa shape index (κ1) is 27.5. The van der Waals surface area contributed by atoms with Gasteiger partial charge in [-0.3, -0.25) is 0 Å². The van der Waals surface area contributed by atoms with Crippen molar-refractivity contribution in [3.05, 3.63) is 87.0 Å². The molecule has 0 fully saturated rings. The summed E-state index contributed by atoms with van der Waals surface area (Å²) in [6.45, 7) is 2.93. The molecule has 0 bridgehead atoms. The van der Waals surface area contributed by atoms with Gasteiger partial charge in [-0.15, -0.1) is 4.91 Å². The Hall–Kier alpha value is -2.78. The molecular formula is C25H29BrFN3O3S. The van der Waals surface area contributed by atoms with Crippen LogP contribution in [0.25, 0.3) is 0 Å². The Labute approximate surface area is 212 Å². The van der Waals surface area contributed by atoms with Crippen molar-refractivity contribution in [1.82, 2.24) is 0 Å². The third-order valence-corrected chi connectivity index (χ3v) is 5.12. The number of anilines is 2. The van der Waals surface area contributed by atoms with Crippen LogP contribution >= 0.6 is 27.7 Å². The molecule has 0 saturated heterocycles. The number of benzene rings is 3. The van der Waals surface area contributed by atoms with Crippen LogP contribution in [0, 0.1) is 10.7 Å². The quantitative estimate of drug-likeness (QED) is 0.212. The molecule has 3 aromatic rings. The van der Waals surface area contributed by atoms with Crippen molar-refractivity contribution in [3.63, 3.8) is 0 Å². The minimum Gasteiger partial charge on any atom is -0.493 e. The lowest BCUT2D eigenvalue weighted by atomic mass is 10.1. The van der Waals surface area contributed by atoms with Gasteiger partial charge in [0.1, 0.15) is 5.82 Å². The van der Waals surface area contributed by atoms with E-state index in [-0.39, 0.29) is 12.4 Å². The summed E-state index contributed by atoms with van der Waals surface area (Å²) in [6, 6.07) is 17.5. The molecule has 3 aromatic carbocycles. The molecule has 0 saturated carbocycles. The lowest BCUT2D eigenvalue weighted by Crippen LogP contribution is -2.17. The Morgan fingerprint density at radius 1 is 1.09 bits per heavy atom. The van der Waals surface area contributed by atoms with Crippen molar-refractivity contribution in [2.45, 2.75) is 20.0 Å². The molecule has 0 spiro atoms. The molecule has 0 unspecified atom stereocenters. The molecule has 0 aliphatic rings. The van der Waals surface area contributed by atoms with Gasteiger partial charge in [-0.2, -0.15) is 11.8 Å². The smallest absolute Gasteiger partial charge is 0.161 e. The molecule has 3 rings (SSSR count). The third-order valence-electron chi connectivity index (χ3n) is 4.63. The molecule has 182 valence electrons. The monoisotopic (exact) mass is 549 g/mol. The SMILES string of the molecule is CCOc1cc(CNc2ccc(Br)cc2N(Cc2ccccc2F)N=O)ccc1OC.CSC. The van der Waals surface area contributed by atoms with Crippen molar-refractivity contribution < 1.29 is 13.9 Å². The molecular weight excluding hydrogens is 521 g/mol. The van der Waals surface area contributed by atoms with Crippen LogP contribution in [0.2, 0.25) is 0 Å². The highest BCUT2D eigenvalue weighted by Gasteiger charge is 2.16. The number of nitrogens with zero attached hydrogens (tertiary/aromatic N) is 2. The molecule has 9 heteroatoms. The van der Waals surface area contributed by atoms with Gasteiger partial charge in [-0.1, -0.05) is 40.2 Å². The van der Waals surface area contributed by atoms with Crippen LogP contribution in [-0.4, -0.2) is 26.2 Å². The first-order valence-electron chi connectivity index (χ1n) is 10.5. The number of ether oxygens (including phenoxy) is 2. The highest BCUT2D eigenvalue weighted by atomic mass is 79.9. The van der Waals surface area contributed by atoms with E-state index in [2.05, 4.69) is 26.5 Å². The number of hydrogen-bond donors (Lipinski definition) is 1. The van der Waals surface area contributed by atoms with Crippen LogP contribution in [0.4, 0.5) is 15.8 Å². The van der Waals surface area contributed by atoms with Crippen molar-refractivity contribution in [2.24, 2.45) is 5.29 Å². The highest BCUT2D eigenvalue weighted by molar-refractivity contribution is 9.10. The summed E-state index contributed by atoms with van der Waals surface area (Å²) in [5, 5.41) is 7.69. The largest absolute Gasteiger partial charge is 0.493 e. The molecule has 0 aliphatic heterocycles. The molecule has 0 aliphatic carbocycles. The van der Waals surface area contributed by atoms with E-state index in [1.807, 2.05) is 49.8 Å². The number of nitrogens with one attached hydrogen (secondary N) is 1. The lowest BCUT2D eigenvalue weighted by Gasteiger charge is -2.21. The number of nitroso groups, excluding NO2 is 1. The second-order valence-electron chi connectivity index (χ2n) is 7.07. The van der Waals surface area contributed by atoms with Crippen LogP contribution in [0.3, 0.4) is 0 Å². The van der Waals surface area contributed by atoms with Crippen LogP contribution in [-0.2, 0) is 13.1 Å². The molecule has 6 nitrogen and oxygen atoms in total. The molecule has 0 heterocycles. The predicted molar refractivity (Wildman–Crippen MR) is 143 cm³/mol. The van der Waals surface area contributed by atoms with Crippen molar-refractivity contribution in [1.29, 1.82) is 0 Å². The van der Waals surface area contributed by atoms with Gasteiger partial charge in [-0.05, 0) is 61.4 Å². The number of hydrogen-bond acceptors (Lipinski definition) is 6. The van der Waals surface area contributed by atoms with E-state index in [4.69, 9.17) is 9.47 Å². The summed E-state index contributed by atoms with van der Waals surface area (Å²) < 4.78 is 25.8. The average molecular weight is 550 g/mol. The summed E-state index contributed by atoms with van der Waals surface area (Å²) in [7, 11) is 1.60. The van der Waals surface area contributed by atoms with Gasteiger partial charge in [0.25, 0.3) is 0 Å². The fourth-order valence-corrected chi connectivity index (χ4v) is 3.46. The number of thioether (sulfide) groups is 1. The Kier molecular flexibility index (Phi) is 11.7. The van der Waals surface area contributed by atoms with Gasteiger partial charge < -0.3 is 14.8 Å². The Morgan fingerprint density at radius 2 is 1.82 bits per heavy atom. The predicted octanol–water partition coefficient (Wildman–Crippen LogP) is 7.27. The van der Waals surface area contributed by atoms with E-state index in [1.165, 1.54) is 11.1 Å². The summed E-state index contributed by atoms with van der Waals surface area (Å²) >= 11 is 5.18. The average Bonchev–Trinajstić information content (AvgIpc) is 2.83. The maximum atomic E-state index is 14.1. The second kappa shape index (κ2) is 14.5. The fourth-order valence-electron chi connectivity index (χ4n) is 3.11. The van der Waals surface area contributed by atoms with Gasteiger partial charge in [0.05, 0.1) is 36.9 Å². The molecule has 0 aromatic heterocycles. The Morgan fingerprint density at radius 3 is 2.47 bits per heavy atom. The third kappa shape index (κ3) is 7.92. The van der Waals surface area contributed by atoms with Gasteiger partial charge in [0.15, 0.2) is 11.5 Å². The van der Waals surface area contributed by atoms with Crippen LogP contribution < -0.4 is 19.8 Å². The fraction of sp³-hybridized carbons (Fsp3) is 0.280. The molecule has 0 atom stereocenters. The number of methoxy groups -OCH3 is 1. The number of halogens is 2. The van der Waals surface area contributed by atoms with Crippen molar-refractivity contribution in [3.8, 4) is 11.5 Å². The number of rotatable bonds is 10. The summed E-state index contributed by atoms with van der Waals surface area (Å²) in [5.74, 6) is 0.939. The standard InChI is InChI=1S/C23H23BrFN3O3.C2H6S/c1-3-31-23-12-16(8-11-22(23)30-2)14-26-20-10-9-18(24)13-21(20)28(27-29)15-17-6-4-5-7-19(17)25;1-3-2/h4-13,26H,3,14-15H2,1-2H3;1-2H3. The van der Waals surface area contributed by atoms with E-state index in [1.54, 1.807) is 43.1 Å². The molecule has 0 amide bonds. The maximum absolute atomic E-state index is 14.1. The second-order valence-corrected chi connectivity index (χ2v) is 8.80. The van der Waals surface area contributed by atoms with Gasteiger partial charge in [0, 0.05) is 16.6 Å². The van der Waals surface area contributed by atoms with Crippen LogP contribution in [0.1, 0.15) is 18.1 Å². The zero-order valence-electron chi connectivity index (χ0n) is 19.7. The summed E-state index contributed by atoms with van der Waals surface area (Å²) in [5.41, 5.74) is 2.57. The highest BCUT2D eigenvalue weighted by Crippen LogP contribution is 2.33. The Bertz CT molecular complexity index is 1070. The van der Waals surface area contributed by atoms with Crippen LogP contribution in [0.15, 0.2) is 70.4 Å². The van der Waals surface area contributed by atoms with Gasteiger partial charge >= 0.3 is 0 Å². The van der Waals surface area contributed by atoms with E-state index < -0.39 is 0 Å².